The summed E-state index contributed by atoms with van der Waals surface area (Å²) in [5.74, 6) is 0. The summed E-state index contributed by atoms with van der Waals surface area (Å²) >= 11 is 0. The average molecular weight is 249 g/mol. The molecule has 1 fully saturated rings. The maximum atomic E-state index is 5.75. The van der Waals surface area contributed by atoms with Gasteiger partial charge in [0.25, 0.3) is 0 Å². The van der Waals surface area contributed by atoms with Crippen molar-refractivity contribution in [3.8, 4) is 0 Å². The highest BCUT2D eigenvalue weighted by atomic mass is 16.7. The molecule has 0 bridgehead atoms. The standard InChI is InChI=1S/C15H23NO2/c1-16-14-7-9-15(10-8-14)18-12-17-11-13-5-3-2-4-6-13/h2-6,14-16H,7-12H2,1H3. The molecular weight excluding hydrogens is 226 g/mol. The lowest BCUT2D eigenvalue weighted by atomic mass is 9.93. The van der Waals surface area contributed by atoms with E-state index in [1.54, 1.807) is 0 Å². The number of hydrogen-bond donors (Lipinski definition) is 1. The van der Waals surface area contributed by atoms with Crippen LogP contribution in [0.5, 0.6) is 0 Å². The van der Waals surface area contributed by atoms with Crippen LogP contribution in [0.4, 0.5) is 0 Å². The van der Waals surface area contributed by atoms with Gasteiger partial charge in [0.2, 0.25) is 0 Å². The van der Waals surface area contributed by atoms with Crippen LogP contribution in [-0.2, 0) is 16.1 Å². The molecular formula is C15H23NO2. The molecule has 0 radical (unpaired) electrons. The number of ether oxygens (including phenoxy) is 2. The van der Waals surface area contributed by atoms with Crippen molar-refractivity contribution >= 4 is 0 Å². The molecule has 1 aliphatic rings. The van der Waals surface area contributed by atoms with Crippen molar-refractivity contribution in [2.45, 2.75) is 44.4 Å². The highest BCUT2D eigenvalue weighted by molar-refractivity contribution is 5.13. The molecule has 100 valence electrons. The zero-order valence-electron chi connectivity index (χ0n) is 11.1. The first-order chi connectivity index (χ1) is 8.88. The second-order valence-electron chi connectivity index (χ2n) is 4.88. The number of rotatable bonds is 6. The first-order valence-electron chi connectivity index (χ1n) is 6.79. The van der Waals surface area contributed by atoms with Crippen molar-refractivity contribution in [1.82, 2.24) is 5.32 Å². The maximum absolute atomic E-state index is 5.75. The summed E-state index contributed by atoms with van der Waals surface area (Å²) in [6, 6.07) is 10.9. The third kappa shape index (κ3) is 4.41. The molecule has 1 N–H and O–H groups in total. The highest BCUT2D eigenvalue weighted by Gasteiger charge is 2.20. The minimum Gasteiger partial charge on any atom is -0.352 e. The first kappa shape index (κ1) is 13.5. The summed E-state index contributed by atoms with van der Waals surface area (Å²) in [4.78, 5) is 0. The van der Waals surface area contributed by atoms with Gasteiger partial charge >= 0.3 is 0 Å². The third-order valence-corrected chi connectivity index (χ3v) is 3.58. The summed E-state index contributed by atoms with van der Waals surface area (Å²) in [7, 11) is 2.04. The van der Waals surface area contributed by atoms with Crippen molar-refractivity contribution in [1.29, 1.82) is 0 Å². The zero-order valence-corrected chi connectivity index (χ0v) is 11.1. The Morgan fingerprint density at radius 3 is 2.50 bits per heavy atom. The molecule has 1 saturated carbocycles. The zero-order chi connectivity index (χ0) is 12.6. The molecule has 0 aliphatic heterocycles. The molecule has 0 unspecified atom stereocenters. The van der Waals surface area contributed by atoms with Gasteiger partial charge in [-0.1, -0.05) is 30.3 Å². The molecule has 0 spiro atoms. The van der Waals surface area contributed by atoms with Gasteiger partial charge in [-0.15, -0.1) is 0 Å². The second-order valence-corrected chi connectivity index (χ2v) is 4.88. The Kier molecular flexibility index (Phi) is 5.65. The molecule has 0 atom stereocenters. The fourth-order valence-corrected chi connectivity index (χ4v) is 2.40. The maximum Gasteiger partial charge on any atom is 0.147 e. The first-order valence-corrected chi connectivity index (χ1v) is 6.79. The van der Waals surface area contributed by atoms with Gasteiger partial charge in [0.1, 0.15) is 6.79 Å². The lowest BCUT2D eigenvalue weighted by molar-refractivity contribution is -0.106. The van der Waals surface area contributed by atoms with Crippen molar-refractivity contribution in [3.05, 3.63) is 35.9 Å². The number of hydrogen-bond acceptors (Lipinski definition) is 3. The predicted octanol–water partition coefficient (Wildman–Crippen LogP) is 2.71. The Bertz CT molecular complexity index is 321. The van der Waals surface area contributed by atoms with Gasteiger partial charge in [0.05, 0.1) is 12.7 Å². The Labute approximate surface area is 109 Å². The summed E-state index contributed by atoms with van der Waals surface area (Å²) in [5, 5.41) is 3.33. The van der Waals surface area contributed by atoms with E-state index in [0.29, 0.717) is 25.5 Å². The lowest BCUT2D eigenvalue weighted by Crippen LogP contribution is -2.33. The minimum absolute atomic E-state index is 0.380. The Morgan fingerprint density at radius 2 is 1.83 bits per heavy atom. The van der Waals surface area contributed by atoms with E-state index in [1.807, 2.05) is 25.2 Å². The van der Waals surface area contributed by atoms with E-state index < -0.39 is 0 Å². The highest BCUT2D eigenvalue weighted by Crippen LogP contribution is 2.20. The fourth-order valence-electron chi connectivity index (χ4n) is 2.40. The van der Waals surface area contributed by atoms with Crippen LogP contribution in [0.15, 0.2) is 30.3 Å². The van der Waals surface area contributed by atoms with Crippen molar-refractivity contribution in [3.63, 3.8) is 0 Å². The van der Waals surface area contributed by atoms with Crippen LogP contribution >= 0.6 is 0 Å². The molecule has 0 aromatic heterocycles. The van der Waals surface area contributed by atoms with Crippen LogP contribution in [0.1, 0.15) is 31.2 Å². The summed E-state index contributed by atoms with van der Waals surface area (Å²) in [6.45, 7) is 1.04. The SMILES string of the molecule is CNC1CCC(OCOCc2ccccc2)CC1. The number of benzene rings is 1. The fraction of sp³-hybridized carbons (Fsp3) is 0.600. The Morgan fingerprint density at radius 1 is 1.11 bits per heavy atom. The van der Waals surface area contributed by atoms with Crippen molar-refractivity contribution < 1.29 is 9.47 Å². The van der Waals surface area contributed by atoms with E-state index in [1.165, 1.54) is 18.4 Å². The van der Waals surface area contributed by atoms with Gasteiger partial charge in [0, 0.05) is 6.04 Å². The smallest absolute Gasteiger partial charge is 0.147 e. The summed E-state index contributed by atoms with van der Waals surface area (Å²) in [5.41, 5.74) is 1.19. The van der Waals surface area contributed by atoms with E-state index in [-0.39, 0.29) is 0 Å². The van der Waals surface area contributed by atoms with E-state index in [9.17, 15) is 0 Å². The van der Waals surface area contributed by atoms with E-state index in [0.717, 1.165) is 12.8 Å². The summed E-state index contributed by atoms with van der Waals surface area (Å²) in [6.07, 6.45) is 5.07. The van der Waals surface area contributed by atoms with Crippen LogP contribution in [0.3, 0.4) is 0 Å². The van der Waals surface area contributed by atoms with Crippen molar-refractivity contribution in [2.75, 3.05) is 13.8 Å². The van der Waals surface area contributed by atoms with Gasteiger partial charge in [-0.05, 0) is 38.3 Å². The Balaban J connectivity index is 1.56. The molecule has 2 rings (SSSR count). The molecule has 0 heterocycles. The molecule has 1 aliphatic carbocycles. The normalized spacial score (nSPS) is 24.1. The van der Waals surface area contributed by atoms with E-state index in [2.05, 4.69) is 17.4 Å². The Hall–Kier alpha value is -0.900. The van der Waals surface area contributed by atoms with E-state index in [4.69, 9.17) is 9.47 Å². The monoisotopic (exact) mass is 249 g/mol. The van der Waals surface area contributed by atoms with Gasteiger partial charge in [-0.25, -0.2) is 0 Å². The van der Waals surface area contributed by atoms with Gasteiger partial charge in [-0.3, -0.25) is 0 Å². The van der Waals surface area contributed by atoms with Crippen molar-refractivity contribution in [2.24, 2.45) is 0 Å². The number of nitrogens with one attached hydrogen (secondary N) is 1. The van der Waals surface area contributed by atoms with Crippen LogP contribution in [0.2, 0.25) is 0 Å². The second kappa shape index (κ2) is 7.52. The average Bonchev–Trinajstić information content (AvgIpc) is 2.45. The van der Waals surface area contributed by atoms with Gasteiger partial charge < -0.3 is 14.8 Å². The van der Waals surface area contributed by atoms with Gasteiger partial charge in [-0.2, -0.15) is 0 Å². The minimum atomic E-state index is 0.380. The largest absolute Gasteiger partial charge is 0.352 e. The topological polar surface area (TPSA) is 30.5 Å². The van der Waals surface area contributed by atoms with Crippen LogP contribution in [0.25, 0.3) is 0 Å². The molecule has 0 amide bonds. The molecule has 0 saturated heterocycles. The van der Waals surface area contributed by atoms with E-state index >= 15 is 0 Å². The molecule has 3 nitrogen and oxygen atoms in total. The predicted molar refractivity (Wildman–Crippen MR) is 72.3 cm³/mol. The lowest BCUT2D eigenvalue weighted by Gasteiger charge is -2.28. The third-order valence-electron chi connectivity index (χ3n) is 3.58. The molecule has 3 heteroatoms. The molecule has 1 aromatic carbocycles. The quantitative estimate of drug-likeness (QED) is 0.621. The molecule has 18 heavy (non-hydrogen) atoms. The summed E-state index contributed by atoms with van der Waals surface area (Å²) < 4.78 is 11.3. The molecule has 1 aromatic rings. The van der Waals surface area contributed by atoms with Gasteiger partial charge in [0.15, 0.2) is 0 Å². The van der Waals surface area contributed by atoms with Crippen LogP contribution in [-0.4, -0.2) is 26.0 Å². The van der Waals surface area contributed by atoms with Crippen LogP contribution < -0.4 is 5.32 Å². The van der Waals surface area contributed by atoms with Crippen LogP contribution in [0, 0.1) is 0 Å².